The van der Waals surface area contributed by atoms with Crippen molar-refractivity contribution in [1.29, 1.82) is 0 Å². The van der Waals surface area contributed by atoms with Crippen molar-refractivity contribution in [2.24, 2.45) is 5.73 Å². The number of alkyl halides is 1. The minimum absolute atomic E-state index is 0.176. The molecule has 0 atom stereocenters. The first-order valence-electron chi connectivity index (χ1n) is 7.71. The average Bonchev–Trinajstić information content (AvgIpc) is 2.54. The number of hydrogen-bond donors (Lipinski definition) is 1. The molecule has 0 aliphatic carbocycles. The van der Waals surface area contributed by atoms with E-state index in [9.17, 15) is 8.42 Å². The number of morpholine rings is 1. The van der Waals surface area contributed by atoms with Gasteiger partial charge in [-0.15, -0.1) is 0 Å². The van der Waals surface area contributed by atoms with E-state index < -0.39 is 10.0 Å². The summed E-state index contributed by atoms with van der Waals surface area (Å²) >= 11 is 2.42. The van der Waals surface area contributed by atoms with E-state index in [0.717, 1.165) is 25.2 Å². The molecule has 3 rings (SSSR count). The van der Waals surface area contributed by atoms with Gasteiger partial charge in [-0.2, -0.15) is 4.31 Å². The minimum Gasteiger partial charge on any atom is -0.379 e. The fourth-order valence-electron chi connectivity index (χ4n) is 2.99. The highest BCUT2D eigenvalue weighted by molar-refractivity contribution is 14.1. The van der Waals surface area contributed by atoms with E-state index in [1.165, 1.54) is 4.31 Å². The predicted octanol–water partition coefficient (Wildman–Crippen LogP) is 0.656. The molecule has 2 fully saturated rings. The first kappa shape index (κ1) is 17.6. The maximum absolute atomic E-state index is 12.7. The first-order valence-corrected chi connectivity index (χ1v) is 10.2. The Labute approximate surface area is 151 Å². The van der Waals surface area contributed by atoms with Gasteiger partial charge in [0.05, 0.1) is 21.5 Å². The van der Waals surface area contributed by atoms with E-state index >= 15 is 0 Å². The van der Waals surface area contributed by atoms with Crippen LogP contribution in [0.25, 0.3) is 0 Å². The fourth-order valence-corrected chi connectivity index (χ4v) is 5.44. The lowest BCUT2D eigenvalue weighted by atomic mass is 9.99. The van der Waals surface area contributed by atoms with Crippen LogP contribution in [0.4, 0.5) is 0 Å². The van der Waals surface area contributed by atoms with Crippen molar-refractivity contribution in [1.82, 2.24) is 9.21 Å². The molecule has 8 heteroatoms. The van der Waals surface area contributed by atoms with E-state index in [4.69, 9.17) is 10.5 Å². The SMILES string of the molecule is NCC1(I)CN(Cc2cccc(S(=O)(=O)N3CCOCC3)c2)C1. The van der Waals surface area contributed by atoms with Gasteiger partial charge in [0.2, 0.25) is 10.0 Å². The molecule has 2 saturated heterocycles. The second-order valence-electron chi connectivity index (χ2n) is 6.16. The lowest BCUT2D eigenvalue weighted by molar-refractivity contribution is 0.0730. The van der Waals surface area contributed by atoms with Gasteiger partial charge in [-0.05, 0) is 17.7 Å². The summed E-state index contributed by atoms with van der Waals surface area (Å²) in [6, 6.07) is 7.27. The van der Waals surface area contributed by atoms with Gasteiger partial charge in [-0.3, -0.25) is 4.90 Å². The molecule has 23 heavy (non-hydrogen) atoms. The fraction of sp³-hybridized carbons (Fsp3) is 0.600. The van der Waals surface area contributed by atoms with Crippen molar-refractivity contribution in [3.8, 4) is 0 Å². The van der Waals surface area contributed by atoms with Crippen LogP contribution in [0, 0.1) is 0 Å². The van der Waals surface area contributed by atoms with E-state index in [0.29, 0.717) is 37.7 Å². The van der Waals surface area contributed by atoms with Crippen molar-refractivity contribution in [3.63, 3.8) is 0 Å². The lowest BCUT2D eigenvalue weighted by Crippen LogP contribution is -2.60. The number of sulfonamides is 1. The summed E-state index contributed by atoms with van der Waals surface area (Å²) in [5.41, 5.74) is 6.78. The van der Waals surface area contributed by atoms with Gasteiger partial charge in [0.1, 0.15) is 0 Å². The van der Waals surface area contributed by atoms with Crippen LogP contribution in [0.3, 0.4) is 0 Å². The third-order valence-corrected chi connectivity index (χ3v) is 7.31. The van der Waals surface area contributed by atoms with E-state index in [1.807, 2.05) is 12.1 Å². The molecule has 0 radical (unpaired) electrons. The van der Waals surface area contributed by atoms with Gasteiger partial charge in [0.15, 0.2) is 0 Å². The van der Waals surface area contributed by atoms with Crippen LogP contribution < -0.4 is 5.73 Å². The summed E-state index contributed by atoms with van der Waals surface area (Å²) in [5, 5.41) is 0. The maximum atomic E-state index is 12.7. The molecule has 0 amide bonds. The van der Waals surface area contributed by atoms with Gasteiger partial charge in [0, 0.05) is 39.3 Å². The zero-order valence-electron chi connectivity index (χ0n) is 12.9. The normalized spacial score (nSPS) is 22.7. The molecule has 0 bridgehead atoms. The summed E-state index contributed by atoms with van der Waals surface area (Å²) in [4.78, 5) is 2.66. The van der Waals surface area contributed by atoms with Gasteiger partial charge in [-0.1, -0.05) is 34.7 Å². The summed E-state index contributed by atoms with van der Waals surface area (Å²) in [6.45, 7) is 5.11. The third kappa shape index (κ3) is 3.88. The molecule has 0 saturated carbocycles. The van der Waals surface area contributed by atoms with Gasteiger partial charge in [-0.25, -0.2) is 8.42 Å². The molecule has 1 aromatic rings. The molecule has 1 aromatic carbocycles. The number of rotatable bonds is 5. The largest absolute Gasteiger partial charge is 0.379 e. The van der Waals surface area contributed by atoms with Gasteiger partial charge >= 0.3 is 0 Å². The Morgan fingerprint density at radius 1 is 1.26 bits per heavy atom. The Balaban J connectivity index is 1.70. The molecule has 0 unspecified atom stereocenters. The number of nitrogens with two attached hydrogens (primary N) is 1. The van der Waals surface area contributed by atoms with Crippen molar-refractivity contribution in [2.75, 3.05) is 45.9 Å². The molecule has 2 heterocycles. The van der Waals surface area contributed by atoms with Crippen LogP contribution in [0.2, 0.25) is 0 Å². The zero-order chi connectivity index (χ0) is 16.5. The topological polar surface area (TPSA) is 75.9 Å². The second kappa shape index (κ2) is 6.93. The number of likely N-dealkylation sites (tertiary alicyclic amines) is 1. The van der Waals surface area contributed by atoms with Crippen molar-refractivity contribution in [3.05, 3.63) is 29.8 Å². The summed E-state index contributed by atoms with van der Waals surface area (Å²) in [6.07, 6.45) is 0. The molecular formula is C15H22IN3O3S. The summed E-state index contributed by atoms with van der Waals surface area (Å²) in [7, 11) is -3.42. The Morgan fingerprint density at radius 2 is 1.96 bits per heavy atom. The minimum atomic E-state index is -3.42. The van der Waals surface area contributed by atoms with Gasteiger partial charge in [0.25, 0.3) is 0 Å². The van der Waals surface area contributed by atoms with Crippen LogP contribution in [0.15, 0.2) is 29.2 Å². The highest BCUT2D eigenvalue weighted by Crippen LogP contribution is 2.31. The van der Waals surface area contributed by atoms with E-state index in [2.05, 4.69) is 27.5 Å². The molecule has 128 valence electrons. The molecule has 2 aliphatic rings. The molecule has 2 N–H and O–H groups in total. The molecule has 0 spiro atoms. The smallest absolute Gasteiger partial charge is 0.243 e. The molecule has 2 aliphatic heterocycles. The molecule has 0 aromatic heterocycles. The van der Waals surface area contributed by atoms with Crippen LogP contribution in [0.1, 0.15) is 5.56 Å². The van der Waals surface area contributed by atoms with Crippen molar-refractivity contribution < 1.29 is 13.2 Å². The Hall–Kier alpha value is -0.260. The third-order valence-electron chi connectivity index (χ3n) is 4.29. The maximum Gasteiger partial charge on any atom is 0.243 e. The lowest BCUT2D eigenvalue weighted by Gasteiger charge is -2.46. The number of benzene rings is 1. The molecule has 6 nitrogen and oxygen atoms in total. The van der Waals surface area contributed by atoms with Crippen LogP contribution in [-0.4, -0.2) is 67.0 Å². The number of ether oxygens (including phenoxy) is 1. The monoisotopic (exact) mass is 451 g/mol. The number of nitrogens with zero attached hydrogens (tertiary/aromatic N) is 2. The van der Waals surface area contributed by atoms with Crippen LogP contribution >= 0.6 is 22.6 Å². The Kier molecular flexibility index (Phi) is 5.29. The van der Waals surface area contributed by atoms with Gasteiger partial charge < -0.3 is 10.5 Å². The predicted molar refractivity (Wildman–Crippen MR) is 97.1 cm³/mol. The van der Waals surface area contributed by atoms with Crippen molar-refractivity contribution in [2.45, 2.75) is 14.9 Å². The number of hydrogen-bond acceptors (Lipinski definition) is 5. The van der Waals surface area contributed by atoms with Crippen LogP contribution in [0.5, 0.6) is 0 Å². The number of halogens is 1. The summed E-state index contributed by atoms with van der Waals surface area (Å²) in [5.74, 6) is 0. The highest BCUT2D eigenvalue weighted by Gasteiger charge is 2.39. The van der Waals surface area contributed by atoms with E-state index in [1.54, 1.807) is 12.1 Å². The van der Waals surface area contributed by atoms with E-state index in [-0.39, 0.29) is 3.42 Å². The average molecular weight is 451 g/mol. The summed E-state index contributed by atoms with van der Waals surface area (Å²) < 4.78 is 32.3. The Bertz CT molecular complexity index is 656. The standard InChI is InChI=1S/C15H22IN3O3S/c16-15(10-17)11-18(12-15)9-13-2-1-3-14(8-13)23(20,21)19-4-6-22-7-5-19/h1-3,8H,4-7,9-12,17H2. The second-order valence-corrected chi connectivity index (χ2v) is 10.4. The highest BCUT2D eigenvalue weighted by atomic mass is 127. The van der Waals surface area contributed by atoms with Crippen LogP contribution in [-0.2, 0) is 21.3 Å². The zero-order valence-corrected chi connectivity index (χ0v) is 15.9. The van der Waals surface area contributed by atoms with Crippen molar-refractivity contribution >= 4 is 32.6 Å². The Morgan fingerprint density at radius 3 is 2.61 bits per heavy atom. The first-order chi connectivity index (χ1) is 10.9. The quantitative estimate of drug-likeness (QED) is 0.526. The molecular weight excluding hydrogens is 429 g/mol.